The average molecular weight is 305 g/mol. The summed E-state index contributed by atoms with van der Waals surface area (Å²) in [7, 11) is 0. The maximum absolute atomic E-state index is 13.7. The largest absolute Gasteiger partial charge is 0.336 e. The molecule has 2 atom stereocenters. The minimum absolute atomic E-state index is 0. The summed E-state index contributed by atoms with van der Waals surface area (Å²) < 4.78 is 26.9. The Hall–Kier alpha value is -1.20. The number of rotatable bonds is 2. The number of nitrogens with zero attached hydrogens (tertiary/aromatic N) is 1. The lowest BCUT2D eigenvalue weighted by Gasteiger charge is -2.22. The van der Waals surface area contributed by atoms with E-state index in [2.05, 4.69) is 0 Å². The molecule has 1 saturated heterocycles. The standard InChI is InChI=1S/C14H18F2N2O.ClH/c1-8-3-11(13(16)5-12(8)15)14(19)18-7-10(6-17)4-9(18)2;/h3,5,9-10H,4,6-7,17H2,1-2H3;1H. The van der Waals surface area contributed by atoms with Crippen molar-refractivity contribution in [3.8, 4) is 0 Å². The summed E-state index contributed by atoms with van der Waals surface area (Å²) in [5, 5.41) is 0. The number of hydrogen-bond donors (Lipinski definition) is 1. The Labute approximate surface area is 123 Å². The van der Waals surface area contributed by atoms with E-state index in [1.807, 2.05) is 6.92 Å². The molecule has 6 heteroatoms. The third-order valence-corrected chi connectivity index (χ3v) is 3.73. The summed E-state index contributed by atoms with van der Waals surface area (Å²) in [4.78, 5) is 13.9. The zero-order valence-electron chi connectivity index (χ0n) is 11.5. The molecule has 20 heavy (non-hydrogen) atoms. The highest BCUT2D eigenvalue weighted by atomic mass is 35.5. The number of carbonyl (C=O) groups is 1. The van der Waals surface area contributed by atoms with Crippen molar-refractivity contribution in [1.29, 1.82) is 0 Å². The predicted octanol–water partition coefficient (Wildman–Crippen LogP) is 2.50. The van der Waals surface area contributed by atoms with E-state index in [4.69, 9.17) is 5.73 Å². The number of nitrogens with two attached hydrogens (primary N) is 1. The topological polar surface area (TPSA) is 46.3 Å². The van der Waals surface area contributed by atoms with Gasteiger partial charge in [-0.05, 0) is 44.4 Å². The monoisotopic (exact) mass is 304 g/mol. The fourth-order valence-corrected chi connectivity index (χ4v) is 2.57. The lowest BCUT2D eigenvalue weighted by atomic mass is 10.1. The lowest BCUT2D eigenvalue weighted by Crippen LogP contribution is -2.35. The number of amides is 1. The number of hydrogen-bond acceptors (Lipinski definition) is 2. The number of halogens is 3. The van der Waals surface area contributed by atoms with Crippen LogP contribution < -0.4 is 5.73 Å². The summed E-state index contributed by atoms with van der Waals surface area (Å²) in [6.45, 7) is 4.48. The second kappa shape index (κ2) is 6.50. The third-order valence-electron chi connectivity index (χ3n) is 3.73. The van der Waals surface area contributed by atoms with Crippen LogP contribution >= 0.6 is 12.4 Å². The smallest absolute Gasteiger partial charge is 0.257 e. The van der Waals surface area contributed by atoms with E-state index in [9.17, 15) is 13.6 Å². The van der Waals surface area contributed by atoms with Crippen LogP contribution in [-0.2, 0) is 0 Å². The van der Waals surface area contributed by atoms with Crippen LogP contribution in [0.3, 0.4) is 0 Å². The van der Waals surface area contributed by atoms with Crippen LogP contribution in [0.25, 0.3) is 0 Å². The SMILES string of the molecule is Cc1cc(C(=O)N2CC(CN)CC2C)c(F)cc1F.Cl. The van der Waals surface area contributed by atoms with Gasteiger partial charge in [0.15, 0.2) is 0 Å². The quantitative estimate of drug-likeness (QED) is 0.912. The molecule has 2 N–H and O–H groups in total. The van der Waals surface area contributed by atoms with Crippen molar-refractivity contribution >= 4 is 18.3 Å². The number of likely N-dealkylation sites (tertiary alicyclic amines) is 1. The first-order chi connectivity index (χ1) is 8.93. The van der Waals surface area contributed by atoms with Gasteiger partial charge in [0, 0.05) is 18.7 Å². The first-order valence-corrected chi connectivity index (χ1v) is 6.40. The van der Waals surface area contributed by atoms with Crippen molar-refractivity contribution in [2.24, 2.45) is 11.7 Å². The van der Waals surface area contributed by atoms with Gasteiger partial charge in [0.25, 0.3) is 5.91 Å². The highest BCUT2D eigenvalue weighted by molar-refractivity contribution is 5.95. The van der Waals surface area contributed by atoms with Crippen molar-refractivity contribution in [2.75, 3.05) is 13.1 Å². The van der Waals surface area contributed by atoms with Gasteiger partial charge in [-0.1, -0.05) is 0 Å². The Morgan fingerprint density at radius 2 is 2.05 bits per heavy atom. The van der Waals surface area contributed by atoms with Crippen molar-refractivity contribution in [1.82, 2.24) is 4.90 Å². The molecule has 2 rings (SSSR count). The van der Waals surface area contributed by atoms with E-state index >= 15 is 0 Å². The molecule has 0 spiro atoms. The molecule has 0 bridgehead atoms. The van der Waals surface area contributed by atoms with E-state index in [0.29, 0.717) is 13.1 Å². The van der Waals surface area contributed by atoms with Gasteiger partial charge >= 0.3 is 0 Å². The summed E-state index contributed by atoms with van der Waals surface area (Å²) >= 11 is 0. The van der Waals surface area contributed by atoms with Gasteiger partial charge < -0.3 is 10.6 Å². The maximum atomic E-state index is 13.7. The lowest BCUT2D eigenvalue weighted by molar-refractivity contribution is 0.0738. The molecule has 112 valence electrons. The first-order valence-electron chi connectivity index (χ1n) is 6.40. The highest BCUT2D eigenvalue weighted by Gasteiger charge is 2.33. The van der Waals surface area contributed by atoms with Gasteiger partial charge in [0.2, 0.25) is 0 Å². The zero-order chi connectivity index (χ0) is 14.2. The van der Waals surface area contributed by atoms with Gasteiger partial charge in [0.1, 0.15) is 11.6 Å². The van der Waals surface area contributed by atoms with E-state index in [1.165, 1.54) is 13.0 Å². The van der Waals surface area contributed by atoms with Crippen molar-refractivity contribution in [2.45, 2.75) is 26.3 Å². The number of benzene rings is 1. The molecule has 2 unspecified atom stereocenters. The van der Waals surface area contributed by atoms with Crippen LogP contribution in [0, 0.1) is 24.5 Å². The molecule has 0 saturated carbocycles. The summed E-state index contributed by atoms with van der Waals surface area (Å²) in [6.07, 6.45) is 0.823. The van der Waals surface area contributed by atoms with Crippen LogP contribution in [0.5, 0.6) is 0 Å². The summed E-state index contributed by atoms with van der Waals surface area (Å²) in [5.74, 6) is -1.58. The second-order valence-electron chi connectivity index (χ2n) is 5.23. The molecule has 1 fully saturated rings. The van der Waals surface area contributed by atoms with E-state index in [0.717, 1.165) is 12.5 Å². The molecule has 0 aromatic heterocycles. The highest BCUT2D eigenvalue weighted by Crippen LogP contribution is 2.25. The van der Waals surface area contributed by atoms with Gasteiger partial charge in [-0.2, -0.15) is 0 Å². The molecule has 1 aromatic rings. The molecular formula is C14H19ClF2N2O. The second-order valence-corrected chi connectivity index (χ2v) is 5.23. The predicted molar refractivity (Wildman–Crippen MR) is 76.0 cm³/mol. The fourth-order valence-electron chi connectivity index (χ4n) is 2.57. The third kappa shape index (κ3) is 3.10. The number of aryl methyl sites for hydroxylation is 1. The minimum Gasteiger partial charge on any atom is -0.336 e. The molecule has 3 nitrogen and oxygen atoms in total. The van der Waals surface area contributed by atoms with E-state index in [-0.39, 0.29) is 41.4 Å². The fraction of sp³-hybridized carbons (Fsp3) is 0.500. The first kappa shape index (κ1) is 16.9. The molecule has 1 heterocycles. The Kier molecular flexibility index (Phi) is 5.48. The molecule has 1 aromatic carbocycles. The molecular weight excluding hydrogens is 286 g/mol. The van der Waals surface area contributed by atoms with Crippen molar-refractivity contribution in [3.63, 3.8) is 0 Å². The molecule has 1 aliphatic heterocycles. The maximum Gasteiger partial charge on any atom is 0.257 e. The normalized spacial score (nSPS) is 21.8. The Morgan fingerprint density at radius 3 is 2.60 bits per heavy atom. The van der Waals surface area contributed by atoms with Gasteiger partial charge in [-0.15, -0.1) is 12.4 Å². The molecule has 0 radical (unpaired) electrons. The average Bonchev–Trinajstić information content (AvgIpc) is 2.74. The van der Waals surface area contributed by atoms with Crippen molar-refractivity contribution in [3.05, 3.63) is 34.9 Å². The summed E-state index contributed by atoms with van der Waals surface area (Å²) in [5.41, 5.74) is 5.81. The van der Waals surface area contributed by atoms with Crippen LogP contribution in [0.15, 0.2) is 12.1 Å². The van der Waals surface area contributed by atoms with Gasteiger partial charge in [0.05, 0.1) is 5.56 Å². The van der Waals surface area contributed by atoms with E-state index in [1.54, 1.807) is 4.90 Å². The minimum atomic E-state index is -0.809. The zero-order valence-corrected chi connectivity index (χ0v) is 12.3. The van der Waals surface area contributed by atoms with Crippen LogP contribution in [0.2, 0.25) is 0 Å². The van der Waals surface area contributed by atoms with Gasteiger partial charge in [-0.3, -0.25) is 4.79 Å². The molecule has 0 aliphatic carbocycles. The number of carbonyl (C=O) groups excluding carboxylic acids is 1. The van der Waals surface area contributed by atoms with Crippen molar-refractivity contribution < 1.29 is 13.6 Å². The van der Waals surface area contributed by atoms with Gasteiger partial charge in [-0.25, -0.2) is 8.78 Å². The summed E-state index contributed by atoms with van der Waals surface area (Å²) in [6, 6.07) is 2.07. The Balaban J connectivity index is 0.00000200. The molecule has 1 aliphatic rings. The van der Waals surface area contributed by atoms with Crippen LogP contribution in [-0.4, -0.2) is 29.9 Å². The van der Waals surface area contributed by atoms with E-state index < -0.39 is 11.6 Å². The van der Waals surface area contributed by atoms with Crippen LogP contribution in [0.4, 0.5) is 8.78 Å². The van der Waals surface area contributed by atoms with Crippen LogP contribution in [0.1, 0.15) is 29.3 Å². The Bertz CT molecular complexity index is 510. The Morgan fingerprint density at radius 1 is 1.40 bits per heavy atom. The molecule has 1 amide bonds.